The Morgan fingerprint density at radius 1 is 0.864 bits per heavy atom. The molecule has 126 valence electrons. The second-order valence-electron chi connectivity index (χ2n) is 5.98. The lowest BCUT2D eigenvalue weighted by Gasteiger charge is -2.23. The Morgan fingerprint density at radius 2 is 1.36 bits per heavy atom. The Hall–Kier alpha value is -2.12. The average Bonchev–Trinajstić information content (AvgIpc) is 2.35. The van der Waals surface area contributed by atoms with Crippen LogP contribution in [0.2, 0.25) is 0 Å². The van der Waals surface area contributed by atoms with Crippen molar-refractivity contribution >= 4 is 23.6 Å². The number of nitrogens with one attached hydrogen (secondary N) is 2. The van der Waals surface area contributed by atoms with Crippen molar-refractivity contribution in [2.24, 2.45) is 23.3 Å². The van der Waals surface area contributed by atoms with Crippen molar-refractivity contribution < 1.29 is 19.2 Å². The zero-order valence-electron chi connectivity index (χ0n) is 13.5. The van der Waals surface area contributed by atoms with Gasteiger partial charge in [0.05, 0.1) is 6.42 Å². The highest BCUT2D eigenvalue weighted by Crippen LogP contribution is 2.07. The topological polar surface area (TPSA) is 144 Å². The Morgan fingerprint density at radius 3 is 1.73 bits per heavy atom. The van der Waals surface area contributed by atoms with E-state index in [1.54, 1.807) is 13.8 Å². The van der Waals surface area contributed by atoms with Gasteiger partial charge in [-0.2, -0.15) is 0 Å². The van der Waals surface area contributed by atoms with Gasteiger partial charge in [0, 0.05) is 5.92 Å². The van der Waals surface area contributed by atoms with Crippen molar-refractivity contribution in [1.82, 2.24) is 10.6 Å². The molecule has 22 heavy (non-hydrogen) atoms. The van der Waals surface area contributed by atoms with E-state index in [0.717, 1.165) is 0 Å². The molecule has 0 spiro atoms. The maximum atomic E-state index is 12.2. The maximum absolute atomic E-state index is 12.2. The number of nitrogens with two attached hydrogens (primary N) is 2. The first-order valence-corrected chi connectivity index (χ1v) is 7.22. The van der Waals surface area contributed by atoms with E-state index < -0.39 is 29.8 Å². The third-order valence-corrected chi connectivity index (χ3v) is 2.93. The molecule has 0 aromatic carbocycles. The van der Waals surface area contributed by atoms with Crippen LogP contribution in [0.3, 0.4) is 0 Å². The molecule has 0 aromatic heterocycles. The first kappa shape index (κ1) is 19.9. The minimum Gasteiger partial charge on any atom is -0.370 e. The fraction of sp³-hybridized carbons (Fsp3) is 0.714. The molecule has 0 aliphatic rings. The molecule has 0 unspecified atom stereocenters. The van der Waals surface area contributed by atoms with Crippen LogP contribution in [0.4, 0.5) is 0 Å². The van der Waals surface area contributed by atoms with Crippen LogP contribution in [0.1, 0.15) is 40.5 Å². The summed E-state index contributed by atoms with van der Waals surface area (Å²) in [6, 6.07) is -1.99. The van der Waals surface area contributed by atoms with Crippen LogP contribution < -0.4 is 22.1 Å². The zero-order valence-corrected chi connectivity index (χ0v) is 13.5. The molecule has 0 aliphatic heterocycles. The van der Waals surface area contributed by atoms with Crippen molar-refractivity contribution in [2.75, 3.05) is 0 Å². The lowest BCUT2D eigenvalue weighted by atomic mass is 10.0. The highest BCUT2D eigenvalue weighted by Gasteiger charge is 2.27. The molecule has 0 saturated heterocycles. The second kappa shape index (κ2) is 9.01. The highest BCUT2D eigenvalue weighted by molar-refractivity contribution is 5.93. The molecule has 0 rings (SSSR count). The Labute approximate surface area is 130 Å². The number of primary amides is 2. The molecule has 8 heteroatoms. The van der Waals surface area contributed by atoms with E-state index in [9.17, 15) is 19.2 Å². The molecule has 0 saturated carbocycles. The number of rotatable bonds is 9. The summed E-state index contributed by atoms with van der Waals surface area (Å²) in [5.74, 6) is -2.58. The zero-order chi connectivity index (χ0) is 17.4. The summed E-state index contributed by atoms with van der Waals surface area (Å²) >= 11 is 0. The molecule has 0 radical (unpaired) electrons. The van der Waals surface area contributed by atoms with Gasteiger partial charge in [-0.1, -0.05) is 27.7 Å². The van der Waals surface area contributed by atoms with Crippen molar-refractivity contribution in [1.29, 1.82) is 0 Å². The van der Waals surface area contributed by atoms with E-state index in [1.165, 1.54) is 0 Å². The van der Waals surface area contributed by atoms with Gasteiger partial charge in [0.15, 0.2) is 0 Å². The van der Waals surface area contributed by atoms with Crippen LogP contribution in [0.25, 0.3) is 0 Å². The molecule has 8 nitrogen and oxygen atoms in total. The molecular formula is C14H26N4O4. The lowest BCUT2D eigenvalue weighted by molar-refractivity contribution is -0.133. The van der Waals surface area contributed by atoms with Crippen LogP contribution in [-0.4, -0.2) is 35.7 Å². The predicted molar refractivity (Wildman–Crippen MR) is 81.2 cm³/mol. The lowest BCUT2D eigenvalue weighted by Crippen LogP contribution is -2.54. The largest absolute Gasteiger partial charge is 0.370 e. The van der Waals surface area contributed by atoms with Crippen molar-refractivity contribution in [2.45, 2.75) is 52.6 Å². The van der Waals surface area contributed by atoms with Crippen molar-refractivity contribution in [3.05, 3.63) is 0 Å². The van der Waals surface area contributed by atoms with E-state index in [1.807, 2.05) is 13.8 Å². The van der Waals surface area contributed by atoms with Gasteiger partial charge in [-0.15, -0.1) is 0 Å². The Balaban J connectivity index is 4.96. The summed E-state index contributed by atoms with van der Waals surface area (Å²) in [5, 5.41) is 4.99. The SMILES string of the molecule is CC(C)C[C@H](NC(=O)C(C)C)C(=O)N[C@@H](CC(N)=O)C(N)=O. The quantitative estimate of drug-likeness (QED) is 0.433. The van der Waals surface area contributed by atoms with Gasteiger partial charge in [0.2, 0.25) is 23.6 Å². The molecule has 0 aromatic rings. The van der Waals surface area contributed by atoms with Crippen LogP contribution in [0.15, 0.2) is 0 Å². The first-order valence-electron chi connectivity index (χ1n) is 7.22. The third kappa shape index (κ3) is 7.61. The van der Waals surface area contributed by atoms with Crippen LogP contribution in [-0.2, 0) is 19.2 Å². The highest BCUT2D eigenvalue weighted by atomic mass is 16.2. The average molecular weight is 314 g/mol. The number of hydrogen-bond acceptors (Lipinski definition) is 4. The van der Waals surface area contributed by atoms with Gasteiger partial charge in [-0.05, 0) is 12.3 Å². The van der Waals surface area contributed by atoms with Crippen molar-refractivity contribution in [3.8, 4) is 0 Å². The van der Waals surface area contributed by atoms with E-state index in [-0.39, 0.29) is 24.2 Å². The molecule has 4 amide bonds. The Kier molecular flexibility index (Phi) is 8.14. The number of amides is 4. The van der Waals surface area contributed by atoms with Crippen molar-refractivity contribution in [3.63, 3.8) is 0 Å². The first-order chi connectivity index (χ1) is 10.0. The second-order valence-corrected chi connectivity index (χ2v) is 5.98. The van der Waals surface area contributed by atoms with Crippen LogP contribution in [0, 0.1) is 11.8 Å². The predicted octanol–water partition coefficient (Wildman–Crippen LogP) is -0.981. The molecule has 0 heterocycles. The summed E-state index contributed by atoms with van der Waals surface area (Å²) in [6.07, 6.45) is 0.0138. The fourth-order valence-electron chi connectivity index (χ4n) is 1.74. The monoisotopic (exact) mass is 314 g/mol. The van der Waals surface area contributed by atoms with Crippen LogP contribution >= 0.6 is 0 Å². The van der Waals surface area contributed by atoms with Gasteiger partial charge in [-0.25, -0.2) is 0 Å². The van der Waals surface area contributed by atoms with Gasteiger partial charge in [0.25, 0.3) is 0 Å². The van der Waals surface area contributed by atoms with E-state index in [4.69, 9.17) is 11.5 Å². The van der Waals surface area contributed by atoms with Gasteiger partial charge in [0.1, 0.15) is 12.1 Å². The molecule has 6 N–H and O–H groups in total. The third-order valence-electron chi connectivity index (χ3n) is 2.93. The van der Waals surface area contributed by atoms with E-state index in [0.29, 0.717) is 6.42 Å². The Bertz CT molecular complexity index is 435. The maximum Gasteiger partial charge on any atom is 0.243 e. The summed E-state index contributed by atoms with van der Waals surface area (Å²) in [5.41, 5.74) is 10.2. The van der Waals surface area contributed by atoms with Gasteiger partial charge >= 0.3 is 0 Å². The summed E-state index contributed by atoms with van der Waals surface area (Å²) in [6.45, 7) is 7.21. The van der Waals surface area contributed by atoms with Gasteiger partial charge in [-0.3, -0.25) is 19.2 Å². The molecule has 2 atom stereocenters. The number of carbonyl (C=O) groups excluding carboxylic acids is 4. The molecule has 0 fully saturated rings. The smallest absolute Gasteiger partial charge is 0.243 e. The summed E-state index contributed by atoms with van der Waals surface area (Å²) in [4.78, 5) is 46.2. The van der Waals surface area contributed by atoms with Gasteiger partial charge < -0.3 is 22.1 Å². The normalized spacial score (nSPS) is 13.5. The summed E-state index contributed by atoms with van der Waals surface area (Å²) in [7, 11) is 0. The fourth-order valence-corrected chi connectivity index (χ4v) is 1.74. The van der Waals surface area contributed by atoms with E-state index in [2.05, 4.69) is 10.6 Å². The number of hydrogen-bond donors (Lipinski definition) is 4. The minimum atomic E-state index is -1.18. The van der Waals surface area contributed by atoms with Crippen LogP contribution in [0.5, 0.6) is 0 Å². The minimum absolute atomic E-state index is 0.145. The molecular weight excluding hydrogens is 288 g/mol. The standard InChI is InChI=1S/C14H26N4O4/c1-7(2)5-10(18-13(21)8(3)4)14(22)17-9(12(16)20)6-11(15)19/h7-10H,5-6H2,1-4H3,(H2,15,19)(H2,16,20)(H,17,22)(H,18,21)/t9-,10-/m0/s1. The molecule has 0 bridgehead atoms. The number of carbonyl (C=O) groups is 4. The van der Waals surface area contributed by atoms with E-state index >= 15 is 0 Å². The molecule has 0 aliphatic carbocycles. The summed E-state index contributed by atoms with van der Waals surface area (Å²) < 4.78 is 0.